The summed E-state index contributed by atoms with van der Waals surface area (Å²) in [4.78, 5) is 36.7. The molecule has 29 heavy (non-hydrogen) atoms. The number of carbonyl (C=O) groups is 3. The van der Waals surface area contributed by atoms with Crippen LogP contribution in [0.15, 0.2) is 30.4 Å². The topological polar surface area (TPSA) is 94.2 Å². The zero-order valence-electron chi connectivity index (χ0n) is 17.2. The second kappa shape index (κ2) is 10.6. The molecule has 0 bridgehead atoms. The minimum Gasteiger partial charge on any atom is -0.491 e. The normalized spacial score (nSPS) is 16.1. The van der Waals surface area contributed by atoms with Crippen LogP contribution < -0.4 is 10.1 Å². The van der Waals surface area contributed by atoms with E-state index in [0.29, 0.717) is 43.2 Å². The first kappa shape index (κ1) is 22.4. The summed E-state index contributed by atoms with van der Waals surface area (Å²) in [7, 11) is 0. The molecule has 2 amide bonds. The van der Waals surface area contributed by atoms with E-state index in [4.69, 9.17) is 14.2 Å². The van der Waals surface area contributed by atoms with Crippen molar-refractivity contribution >= 4 is 17.8 Å². The Bertz CT molecular complexity index is 776. The van der Waals surface area contributed by atoms with Crippen LogP contribution in [0.4, 0.5) is 4.79 Å². The molecule has 1 aliphatic heterocycles. The Kier molecular flexibility index (Phi) is 8.21. The van der Waals surface area contributed by atoms with Crippen LogP contribution in [0.25, 0.3) is 0 Å². The van der Waals surface area contributed by atoms with Crippen molar-refractivity contribution in [1.29, 1.82) is 0 Å². The number of nitrogens with one attached hydrogen (secondary N) is 1. The summed E-state index contributed by atoms with van der Waals surface area (Å²) in [5.74, 6) is 0.187. The number of morpholine rings is 1. The fourth-order valence-electron chi connectivity index (χ4n) is 2.85. The summed E-state index contributed by atoms with van der Waals surface area (Å²) in [6.07, 6.45) is -0.261. The molecule has 1 heterocycles. The first-order chi connectivity index (χ1) is 13.8. The van der Waals surface area contributed by atoms with Crippen LogP contribution in [-0.4, -0.2) is 68.2 Å². The Hall–Kier alpha value is -2.87. The predicted molar refractivity (Wildman–Crippen MR) is 107 cm³/mol. The summed E-state index contributed by atoms with van der Waals surface area (Å²) >= 11 is 0. The Morgan fingerprint density at radius 2 is 2.07 bits per heavy atom. The van der Waals surface area contributed by atoms with Crippen molar-refractivity contribution in [2.75, 3.05) is 39.5 Å². The molecule has 1 unspecified atom stereocenters. The maximum Gasteiger partial charge on any atom is 0.333 e. The number of ether oxygens (including phenoxy) is 3. The number of ketones is 1. The maximum absolute atomic E-state index is 12.3. The number of nitrogens with zero attached hydrogens (tertiary/aromatic N) is 1. The number of amides is 2. The van der Waals surface area contributed by atoms with Gasteiger partial charge in [-0.2, -0.15) is 0 Å². The highest BCUT2D eigenvalue weighted by Gasteiger charge is 2.24. The molecule has 1 saturated heterocycles. The molecule has 1 atom stereocenters. The number of esters is 1. The molecule has 1 aliphatic rings. The van der Waals surface area contributed by atoms with Gasteiger partial charge >= 0.3 is 12.0 Å². The van der Waals surface area contributed by atoms with Crippen LogP contribution in [0.2, 0.25) is 0 Å². The largest absolute Gasteiger partial charge is 0.491 e. The predicted octanol–water partition coefficient (Wildman–Crippen LogP) is 2.11. The van der Waals surface area contributed by atoms with Crippen LogP contribution in [0.3, 0.4) is 0 Å². The van der Waals surface area contributed by atoms with E-state index in [-0.39, 0.29) is 31.1 Å². The summed E-state index contributed by atoms with van der Waals surface area (Å²) in [5, 5.41) is 2.72. The molecule has 0 aromatic heterocycles. The molecule has 1 aromatic rings. The fourth-order valence-corrected chi connectivity index (χ4v) is 2.85. The zero-order chi connectivity index (χ0) is 21.4. The highest BCUT2D eigenvalue weighted by atomic mass is 16.5. The van der Waals surface area contributed by atoms with Crippen molar-refractivity contribution in [3.63, 3.8) is 0 Å². The van der Waals surface area contributed by atoms with Crippen molar-refractivity contribution in [2.24, 2.45) is 0 Å². The van der Waals surface area contributed by atoms with Gasteiger partial charge in [-0.15, -0.1) is 0 Å². The van der Waals surface area contributed by atoms with E-state index in [0.717, 1.165) is 5.56 Å². The SMILES string of the molecule is C=C(C)C(=O)OCCNC(=O)N1CCOC(COc2ccc(C(C)=O)c(C)c2)C1. The van der Waals surface area contributed by atoms with Crippen molar-refractivity contribution < 1.29 is 28.6 Å². The zero-order valence-corrected chi connectivity index (χ0v) is 17.2. The van der Waals surface area contributed by atoms with E-state index in [2.05, 4.69) is 11.9 Å². The Labute approximate surface area is 170 Å². The van der Waals surface area contributed by atoms with E-state index in [9.17, 15) is 14.4 Å². The van der Waals surface area contributed by atoms with E-state index < -0.39 is 5.97 Å². The van der Waals surface area contributed by atoms with E-state index in [1.165, 1.54) is 6.92 Å². The lowest BCUT2D eigenvalue weighted by Crippen LogP contribution is -2.51. The lowest BCUT2D eigenvalue weighted by molar-refractivity contribution is -0.138. The molecular weight excluding hydrogens is 376 g/mol. The van der Waals surface area contributed by atoms with Gasteiger partial charge in [0.2, 0.25) is 0 Å². The smallest absolute Gasteiger partial charge is 0.333 e. The van der Waals surface area contributed by atoms with Crippen molar-refractivity contribution in [1.82, 2.24) is 10.2 Å². The van der Waals surface area contributed by atoms with Gasteiger partial charge < -0.3 is 24.4 Å². The lowest BCUT2D eigenvalue weighted by atomic mass is 10.1. The molecule has 1 fully saturated rings. The highest BCUT2D eigenvalue weighted by molar-refractivity contribution is 5.95. The monoisotopic (exact) mass is 404 g/mol. The van der Waals surface area contributed by atoms with Crippen LogP contribution in [-0.2, 0) is 14.3 Å². The number of Topliss-reactive ketones (excluding diaryl/α,β-unsaturated/α-hetero) is 1. The summed E-state index contributed by atoms with van der Waals surface area (Å²) in [5.41, 5.74) is 1.84. The maximum atomic E-state index is 12.3. The van der Waals surface area contributed by atoms with E-state index >= 15 is 0 Å². The summed E-state index contributed by atoms with van der Waals surface area (Å²) in [6.45, 7) is 10.3. The van der Waals surface area contributed by atoms with Gasteiger partial charge in [0.25, 0.3) is 0 Å². The van der Waals surface area contributed by atoms with E-state index in [1.807, 2.05) is 13.0 Å². The van der Waals surface area contributed by atoms with Gasteiger partial charge in [-0.1, -0.05) is 6.58 Å². The summed E-state index contributed by atoms with van der Waals surface area (Å²) < 4.78 is 16.4. The fraction of sp³-hybridized carbons (Fsp3) is 0.476. The molecule has 2 rings (SSSR count). The average molecular weight is 404 g/mol. The Morgan fingerprint density at radius 1 is 1.31 bits per heavy atom. The Morgan fingerprint density at radius 3 is 2.72 bits per heavy atom. The molecule has 8 nitrogen and oxygen atoms in total. The number of aryl methyl sites for hydroxylation is 1. The number of carbonyl (C=O) groups excluding carboxylic acids is 3. The van der Waals surface area contributed by atoms with Gasteiger partial charge in [0.15, 0.2) is 5.78 Å². The second-order valence-electron chi connectivity index (χ2n) is 6.93. The third-order valence-electron chi connectivity index (χ3n) is 4.40. The number of rotatable bonds is 8. The first-order valence-corrected chi connectivity index (χ1v) is 9.49. The standard InChI is InChI=1S/C21H28N2O6/c1-14(2)20(25)28-9-7-22-21(26)23-8-10-27-18(12-23)13-29-17-5-6-19(16(4)24)15(3)11-17/h5-6,11,18H,1,7-10,12-13H2,2-4H3,(H,22,26). The molecule has 158 valence electrons. The number of urea groups is 1. The van der Waals surface area contributed by atoms with Gasteiger partial charge in [-0.3, -0.25) is 4.79 Å². The van der Waals surface area contributed by atoms with Gasteiger partial charge in [-0.05, 0) is 44.5 Å². The van der Waals surface area contributed by atoms with Gasteiger partial charge in [0.05, 0.1) is 19.7 Å². The van der Waals surface area contributed by atoms with E-state index in [1.54, 1.807) is 24.0 Å². The third-order valence-corrected chi connectivity index (χ3v) is 4.40. The molecule has 0 saturated carbocycles. The molecule has 8 heteroatoms. The lowest BCUT2D eigenvalue weighted by Gasteiger charge is -2.32. The second-order valence-corrected chi connectivity index (χ2v) is 6.93. The van der Waals surface area contributed by atoms with Crippen LogP contribution in [0.5, 0.6) is 5.75 Å². The van der Waals surface area contributed by atoms with Crippen LogP contribution in [0, 0.1) is 6.92 Å². The van der Waals surface area contributed by atoms with Crippen molar-refractivity contribution in [3.05, 3.63) is 41.5 Å². The molecule has 0 spiro atoms. The van der Waals surface area contributed by atoms with Gasteiger partial charge in [0, 0.05) is 17.7 Å². The van der Waals surface area contributed by atoms with Crippen LogP contribution >= 0.6 is 0 Å². The quantitative estimate of drug-likeness (QED) is 0.309. The number of hydrogen-bond acceptors (Lipinski definition) is 6. The first-order valence-electron chi connectivity index (χ1n) is 9.49. The van der Waals surface area contributed by atoms with Crippen molar-refractivity contribution in [2.45, 2.75) is 26.9 Å². The molecule has 1 N–H and O–H groups in total. The number of hydrogen-bond donors (Lipinski definition) is 1. The minimum absolute atomic E-state index is 0.0145. The molecule has 0 radical (unpaired) electrons. The van der Waals surface area contributed by atoms with Crippen molar-refractivity contribution in [3.8, 4) is 5.75 Å². The van der Waals surface area contributed by atoms with Gasteiger partial charge in [-0.25, -0.2) is 9.59 Å². The molecule has 0 aliphatic carbocycles. The van der Waals surface area contributed by atoms with Crippen LogP contribution in [0.1, 0.15) is 29.8 Å². The highest BCUT2D eigenvalue weighted by Crippen LogP contribution is 2.18. The molecular formula is C21H28N2O6. The Balaban J connectivity index is 1.76. The van der Waals surface area contributed by atoms with Gasteiger partial charge in [0.1, 0.15) is 25.1 Å². The molecule has 1 aromatic carbocycles. The minimum atomic E-state index is -0.477. The summed E-state index contributed by atoms with van der Waals surface area (Å²) in [6, 6.07) is 5.07. The average Bonchev–Trinajstić information content (AvgIpc) is 2.69. The third kappa shape index (κ3) is 6.90. The number of benzene rings is 1.